The lowest BCUT2D eigenvalue weighted by Gasteiger charge is -2.09. The molecule has 2 heterocycles. The average molecular weight is 471 g/mol. The molecule has 0 amide bonds. The first-order valence-corrected chi connectivity index (χ1v) is 11.5. The van der Waals surface area contributed by atoms with Crippen LogP contribution in [0.25, 0.3) is 32.6 Å². The Labute approximate surface area is 200 Å². The molecule has 2 aromatic heterocycles. The Balaban J connectivity index is 1.74. The fourth-order valence-electron chi connectivity index (χ4n) is 3.80. The van der Waals surface area contributed by atoms with E-state index in [0.717, 1.165) is 27.8 Å². The SMILES string of the molecule is COc1cccc(C(=O)c2sc3nc(-c4ccccc4)cc(-c4ccc(Cl)cc4)c3c2N)c1. The highest BCUT2D eigenvalue weighted by Gasteiger charge is 2.23. The molecule has 33 heavy (non-hydrogen) atoms. The average Bonchev–Trinajstić information content (AvgIpc) is 3.20. The topological polar surface area (TPSA) is 65.2 Å². The maximum absolute atomic E-state index is 13.4. The van der Waals surface area contributed by atoms with Crippen LogP contribution in [0, 0.1) is 0 Å². The van der Waals surface area contributed by atoms with Crippen molar-refractivity contribution in [2.75, 3.05) is 12.8 Å². The van der Waals surface area contributed by atoms with Crippen molar-refractivity contribution in [3.05, 3.63) is 100 Å². The molecule has 0 saturated heterocycles. The predicted octanol–water partition coefficient (Wildman–Crippen LogP) is 7.11. The third-order valence-electron chi connectivity index (χ3n) is 5.46. The Morgan fingerprint density at radius 2 is 1.70 bits per heavy atom. The third-order valence-corrected chi connectivity index (χ3v) is 6.81. The second-order valence-corrected chi connectivity index (χ2v) is 8.95. The summed E-state index contributed by atoms with van der Waals surface area (Å²) in [6.45, 7) is 0. The maximum Gasteiger partial charge on any atom is 0.205 e. The van der Waals surface area contributed by atoms with Gasteiger partial charge in [-0.1, -0.05) is 66.2 Å². The number of pyridine rings is 1. The summed E-state index contributed by atoms with van der Waals surface area (Å²) >= 11 is 7.43. The number of halogens is 1. The van der Waals surface area contributed by atoms with Gasteiger partial charge >= 0.3 is 0 Å². The molecule has 5 aromatic rings. The van der Waals surface area contributed by atoms with Crippen molar-refractivity contribution in [2.45, 2.75) is 0 Å². The van der Waals surface area contributed by atoms with Crippen molar-refractivity contribution < 1.29 is 9.53 Å². The van der Waals surface area contributed by atoms with Crippen molar-refractivity contribution in [3.63, 3.8) is 0 Å². The number of nitrogens with zero attached hydrogens (tertiary/aromatic N) is 1. The van der Waals surface area contributed by atoms with Gasteiger partial charge in [0.15, 0.2) is 0 Å². The number of rotatable bonds is 5. The number of ketones is 1. The van der Waals surface area contributed by atoms with Crippen molar-refractivity contribution in [1.29, 1.82) is 0 Å². The lowest BCUT2D eigenvalue weighted by atomic mass is 9.99. The molecule has 162 valence electrons. The second-order valence-electron chi connectivity index (χ2n) is 7.51. The maximum atomic E-state index is 13.4. The number of ether oxygens (including phenoxy) is 1. The summed E-state index contributed by atoms with van der Waals surface area (Å²) in [5, 5.41) is 1.42. The molecule has 0 unspecified atom stereocenters. The van der Waals surface area contributed by atoms with E-state index in [4.69, 9.17) is 27.1 Å². The van der Waals surface area contributed by atoms with Gasteiger partial charge in [-0.2, -0.15) is 0 Å². The van der Waals surface area contributed by atoms with Gasteiger partial charge in [0.05, 0.1) is 18.5 Å². The van der Waals surface area contributed by atoms with Crippen molar-refractivity contribution >= 4 is 44.6 Å². The fraction of sp³-hybridized carbons (Fsp3) is 0.0370. The molecule has 0 bridgehead atoms. The molecule has 4 nitrogen and oxygen atoms in total. The van der Waals surface area contributed by atoms with Gasteiger partial charge in [-0.3, -0.25) is 4.79 Å². The molecule has 0 spiro atoms. The lowest BCUT2D eigenvalue weighted by Crippen LogP contribution is -2.02. The van der Waals surface area contributed by atoms with Crippen LogP contribution in [0.5, 0.6) is 5.75 Å². The van der Waals surface area contributed by atoms with Crippen LogP contribution in [0.1, 0.15) is 15.2 Å². The Hall–Kier alpha value is -3.67. The van der Waals surface area contributed by atoms with E-state index in [1.165, 1.54) is 11.3 Å². The Morgan fingerprint density at radius 1 is 0.939 bits per heavy atom. The van der Waals surface area contributed by atoms with E-state index in [0.29, 0.717) is 31.7 Å². The summed E-state index contributed by atoms with van der Waals surface area (Å²) in [6, 6.07) is 26.6. The normalized spacial score (nSPS) is 11.0. The van der Waals surface area contributed by atoms with Crippen LogP contribution in [-0.4, -0.2) is 17.9 Å². The van der Waals surface area contributed by atoms with E-state index in [1.54, 1.807) is 31.4 Å². The highest BCUT2D eigenvalue weighted by molar-refractivity contribution is 7.21. The molecule has 5 rings (SSSR count). The van der Waals surface area contributed by atoms with Crippen LogP contribution in [-0.2, 0) is 0 Å². The number of nitrogens with two attached hydrogens (primary N) is 1. The molecule has 0 saturated carbocycles. The van der Waals surface area contributed by atoms with E-state index >= 15 is 0 Å². The van der Waals surface area contributed by atoms with Gasteiger partial charge in [-0.25, -0.2) is 4.98 Å². The Bertz CT molecular complexity index is 1480. The number of methoxy groups -OCH3 is 1. The largest absolute Gasteiger partial charge is 0.497 e. The number of carbonyl (C=O) groups excluding carboxylic acids is 1. The molecule has 0 aliphatic carbocycles. The number of benzene rings is 3. The monoisotopic (exact) mass is 470 g/mol. The molecule has 0 aliphatic rings. The van der Waals surface area contributed by atoms with E-state index in [9.17, 15) is 4.79 Å². The first-order chi connectivity index (χ1) is 16.0. The Kier molecular flexibility index (Phi) is 5.58. The number of anilines is 1. The summed E-state index contributed by atoms with van der Waals surface area (Å²) in [4.78, 5) is 19.4. The summed E-state index contributed by atoms with van der Waals surface area (Å²) in [7, 11) is 1.57. The van der Waals surface area contributed by atoms with Gasteiger partial charge in [0.1, 0.15) is 15.5 Å². The minimum absolute atomic E-state index is 0.155. The number of nitrogen functional groups attached to an aromatic ring is 1. The van der Waals surface area contributed by atoms with Gasteiger partial charge in [-0.15, -0.1) is 11.3 Å². The highest BCUT2D eigenvalue weighted by Crippen LogP contribution is 2.42. The predicted molar refractivity (Wildman–Crippen MR) is 136 cm³/mol. The summed E-state index contributed by atoms with van der Waals surface area (Å²) < 4.78 is 5.28. The van der Waals surface area contributed by atoms with Gasteiger partial charge in [0, 0.05) is 21.5 Å². The number of carbonyl (C=O) groups is 1. The van der Waals surface area contributed by atoms with Gasteiger partial charge in [-0.05, 0) is 41.5 Å². The van der Waals surface area contributed by atoms with Gasteiger partial charge < -0.3 is 10.5 Å². The van der Waals surface area contributed by atoms with E-state index in [2.05, 4.69) is 0 Å². The highest BCUT2D eigenvalue weighted by atomic mass is 35.5. The van der Waals surface area contributed by atoms with E-state index < -0.39 is 0 Å². The molecule has 2 N–H and O–H groups in total. The minimum atomic E-state index is -0.155. The quantitative estimate of drug-likeness (QED) is 0.278. The van der Waals surface area contributed by atoms with E-state index in [1.807, 2.05) is 60.7 Å². The standard InChI is InChI=1S/C27H19ClN2O2S/c1-32-20-9-5-8-18(14-20)25(31)26-24(29)23-21(16-10-12-19(28)13-11-16)15-22(30-27(23)33-26)17-6-3-2-4-7-17/h2-15H,29H2,1H3. The molecule has 0 fully saturated rings. The molecular weight excluding hydrogens is 452 g/mol. The Morgan fingerprint density at radius 3 is 2.42 bits per heavy atom. The van der Waals surface area contributed by atoms with Gasteiger partial charge in [0.2, 0.25) is 5.78 Å². The second kappa shape index (κ2) is 8.70. The van der Waals surface area contributed by atoms with Crippen molar-refractivity contribution in [2.24, 2.45) is 0 Å². The first-order valence-electron chi connectivity index (χ1n) is 10.3. The first kappa shape index (κ1) is 21.2. The fourth-order valence-corrected chi connectivity index (χ4v) is 5.01. The van der Waals surface area contributed by atoms with Crippen LogP contribution >= 0.6 is 22.9 Å². The smallest absolute Gasteiger partial charge is 0.205 e. The zero-order valence-electron chi connectivity index (χ0n) is 17.7. The number of hydrogen-bond donors (Lipinski definition) is 1. The number of fused-ring (bicyclic) bond motifs is 1. The number of hydrogen-bond acceptors (Lipinski definition) is 5. The van der Waals surface area contributed by atoms with Crippen molar-refractivity contribution in [1.82, 2.24) is 4.98 Å². The van der Waals surface area contributed by atoms with Crippen LogP contribution in [0.4, 0.5) is 5.69 Å². The molecule has 3 aromatic carbocycles. The van der Waals surface area contributed by atoms with E-state index in [-0.39, 0.29) is 5.78 Å². The third kappa shape index (κ3) is 3.97. The van der Waals surface area contributed by atoms with Crippen molar-refractivity contribution in [3.8, 4) is 28.1 Å². The molecule has 0 radical (unpaired) electrons. The van der Waals surface area contributed by atoms with Gasteiger partial charge in [0.25, 0.3) is 0 Å². The molecule has 0 aliphatic heterocycles. The minimum Gasteiger partial charge on any atom is -0.497 e. The van der Waals surface area contributed by atoms with Crippen LogP contribution in [0.15, 0.2) is 84.9 Å². The number of aromatic nitrogens is 1. The summed E-state index contributed by atoms with van der Waals surface area (Å²) in [5.74, 6) is 0.463. The zero-order valence-corrected chi connectivity index (χ0v) is 19.3. The van der Waals surface area contributed by atoms with Crippen LogP contribution in [0.3, 0.4) is 0 Å². The summed E-state index contributed by atoms with van der Waals surface area (Å²) in [5.41, 5.74) is 11.2. The molecule has 6 heteroatoms. The molecule has 0 atom stereocenters. The zero-order chi connectivity index (χ0) is 22.9. The number of thiophene rings is 1. The summed E-state index contributed by atoms with van der Waals surface area (Å²) in [6.07, 6.45) is 0. The van der Waals surface area contributed by atoms with Crippen LogP contribution in [0.2, 0.25) is 5.02 Å². The van der Waals surface area contributed by atoms with Crippen LogP contribution < -0.4 is 10.5 Å². The lowest BCUT2D eigenvalue weighted by molar-refractivity contribution is 0.104. The molecular formula is C27H19ClN2O2S.